The lowest BCUT2D eigenvalue weighted by atomic mass is 10.0. The molecule has 1 atom stereocenters. The minimum atomic E-state index is -3.76. The van der Waals surface area contributed by atoms with Crippen molar-refractivity contribution in [2.45, 2.75) is 26.1 Å². The molecule has 3 aromatic rings. The molecule has 7 nitrogen and oxygen atoms in total. The molecule has 36 heavy (non-hydrogen) atoms. The Morgan fingerprint density at radius 2 is 1.42 bits per heavy atom. The van der Waals surface area contributed by atoms with Gasteiger partial charge in [-0.3, -0.25) is 9.59 Å². The van der Waals surface area contributed by atoms with Crippen molar-refractivity contribution in [2.24, 2.45) is 0 Å². The first-order valence-electron chi connectivity index (χ1n) is 11.5. The van der Waals surface area contributed by atoms with Gasteiger partial charge in [0.25, 0.3) is 0 Å². The van der Waals surface area contributed by atoms with E-state index in [4.69, 9.17) is 0 Å². The molecule has 0 fully saturated rings. The zero-order chi connectivity index (χ0) is 26.1. The predicted molar refractivity (Wildman–Crippen MR) is 137 cm³/mol. The van der Waals surface area contributed by atoms with Crippen molar-refractivity contribution in [2.75, 3.05) is 19.3 Å². The molecule has 9 heteroatoms. The van der Waals surface area contributed by atoms with Gasteiger partial charge in [0, 0.05) is 19.6 Å². The minimum absolute atomic E-state index is 0.00691. The normalized spacial score (nSPS) is 12.2. The molecule has 0 unspecified atom stereocenters. The molecule has 0 aliphatic carbocycles. The van der Waals surface area contributed by atoms with Gasteiger partial charge >= 0.3 is 0 Å². The van der Waals surface area contributed by atoms with Gasteiger partial charge in [-0.1, -0.05) is 72.8 Å². The number of nitrogens with one attached hydrogen (secondary N) is 1. The minimum Gasteiger partial charge on any atom is -0.354 e. The number of carbonyl (C=O) groups is 2. The molecule has 0 bridgehead atoms. The first-order chi connectivity index (χ1) is 17.2. The molecule has 190 valence electrons. The van der Waals surface area contributed by atoms with Crippen molar-refractivity contribution < 1.29 is 22.4 Å². The van der Waals surface area contributed by atoms with Gasteiger partial charge < -0.3 is 10.2 Å². The fourth-order valence-corrected chi connectivity index (χ4v) is 4.54. The van der Waals surface area contributed by atoms with E-state index in [0.29, 0.717) is 17.7 Å². The second kappa shape index (κ2) is 12.4. The summed E-state index contributed by atoms with van der Waals surface area (Å²) in [6.45, 7) is 1.66. The highest BCUT2D eigenvalue weighted by Gasteiger charge is 2.33. The van der Waals surface area contributed by atoms with E-state index >= 15 is 0 Å². The fraction of sp³-hybridized carbons (Fsp3) is 0.259. The second-order valence-electron chi connectivity index (χ2n) is 8.37. The van der Waals surface area contributed by atoms with Crippen LogP contribution in [-0.4, -0.2) is 48.8 Å². The molecule has 3 aromatic carbocycles. The van der Waals surface area contributed by atoms with E-state index in [9.17, 15) is 22.4 Å². The summed E-state index contributed by atoms with van der Waals surface area (Å²) in [5.41, 5.74) is 1.90. The van der Waals surface area contributed by atoms with Gasteiger partial charge in [-0.15, -0.1) is 0 Å². The Kier molecular flexibility index (Phi) is 9.32. The average Bonchev–Trinajstić information content (AvgIpc) is 2.85. The molecule has 0 saturated carbocycles. The third kappa shape index (κ3) is 7.47. The monoisotopic (exact) mass is 511 g/mol. The van der Waals surface area contributed by atoms with E-state index in [0.717, 1.165) is 16.1 Å². The van der Waals surface area contributed by atoms with Gasteiger partial charge in [-0.05, 0) is 35.7 Å². The Bertz CT molecular complexity index is 1250. The summed E-state index contributed by atoms with van der Waals surface area (Å²) < 4.78 is 39.8. The molecule has 0 aliphatic heterocycles. The van der Waals surface area contributed by atoms with Crippen LogP contribution in [0.15, 0.2) is 84.9 Å². The van der Waals surface area contributed by atoms with E-state index < -0.39 is 40.2 Å². The number of hydrogen-bond acceptors (Lipinski definition) is 4. The maximum absolute atomic E-state index is 13.8. The molecule has 0 radical (unpaired) electrons. The van der Waals surface area contributed by atoms with Crippen LogP contribution in [0.3, 0.4) is 0 Å². The van der Waals surface area contributed by atoms with Crippen molar-refractivity contribution in [3.8, 4) is 0 Å². The lowest BCUT2D eigenvalue weighted by Crippen LogP contribution is -2.47. The summed E-state index contributed by atoms with van der Waals surface area (Å²) in [5, 5.41) is 2.77. The van der Waals surface area contributed by atoms with Crippen LogP contribution in [0.4, 0.5) is 4.39 Å². The summed E-state index contributed by atoms with van der Waals surface area (Å²) in [7, 11) is -3.76. The molecular formula is C27H30FN3O4S. The summed E-state index contributed by atoms with van der Waals surface area (Å²) in [6.07, 6.45) is 1.05. The van der Waals surface area contributed by atoms with E-state index in [1.54, 1.807) is 61.5 Å². The second-order valence-corrected chi connectivity index (χ2v) is 10.4. The van der Waals surface area contributed by atoms with E-state index in [2.05, 4.69) is 5.32 Å². The van der Waals surface area contributed by atoms with Gasteiger partial charge in [-0.25, -0.2) is 12.8 Å². The number of hydrogen-bond donors (Lipinski definition) is 1. The lowest BCUT2D eigenvalue weighted by Gasteiger charge is -2.33. The Morgan fingerprint density at radius 1 is 0.861 bits per heavy atom. The zero-order valence-electron chi connectivity index (χ0n) is 20.3. The van der Waals surface area contributed by atoms with Crippen LogP contribution in [0.1, 0.15) is 29.7 Å². The van der Waals surface area contributed by atoms with Crippen LogP contribution in [0.25, 0.3) is 0 Å². The van der Waals surface area contributed by atoms with Crippen LogP contribution in [0, 0.1) is 5.82 Å². The quantitative estimate of drug-likeness (QED) is 0.427. The van der Waals surface area contributed by atoms with Crippen molar-refractivity contribution in [1.29, 1.82) is 0 Å². The Labute approximate surface area is 211 Å². The molecule has 1 N–H and O–H groups in total. The topological polar surface area (TPSA) is 86.8 Å². The highest BCUT2D eigenvalue weighted by molar-refractivity contribution is 7.88. The van der Waals surface area contributed by atoms with Crippen LogP contribution in [-0.2, 0) is 32.7 Å². The number of sulfonamides is 1. The van der Waals surface area contributed by atoms with Gasteiger partial charge in [0.1, 0.15) is 11.9 Å². The summed E-state index contributed by atoms with van der Waals surface area (Å²) in [6, 6.07) is 22.4. The number of carbonyl (C=O) groups excluding carboxylic acids is 2. The zero-order valence-corrected chi connectivity index (χ0v) is 21.1. The van der Waals surface area contributed by atoms with Crippen LogP contribution in [0.2, 0.25) is 0 Å². The summed E-state index contributed by atoms with van der Waals surface area (Å²) in [4.78, 5) is 28.3. The largest absolute Gasteiger partial charge is 0.354 e. The number of amides is 2. The third-order valence-electron chi connectivity index (χ3n) is 5.60. The molecule has 0 aromatic heterocycles. The first-order valence-corrected chi connectivity index (χ1v) is 13.4. The van der Waals surface area contributed by atoms with Crippen molar-refractivity contribution in [1.82, 2.24) is 14.5 Å². The molecule has 0 spiro atoms. The standard InChI is InChI=1S/C27H30FN3O4S/c1-3-29-27(33)26(23-12-8-5-9-13-23)31(19-22-14-16-24(28)17-15-22)25(32)20-30(36(2,34)35)18-21-10-6-4-7-11-21/h4-17,26H,3,18-20H2,1-2H3,(H,29,33)/t26-/m1/s1. The molecule has 3 rings (SSSR count). The summed E-state index contributed by atoms with van der Waals surface area (Å²) in [5.74, 6) is -1.38. The third-order valence-corrected chi connectivity index (χ3v) is 6.79. The molecule has 0 heterocycles. The Morgan fingerprint density at radius 3 is 1.97 bits per heavy atom. The van der Waals surface area contributed by atoms with E-state index in [1.165, 1.54) is 29.2 Å². The summed E-state index contributed by atoms with van der Waals surface area (Å²) >= 11 is 0. The Hall–Kier alpha value is -3.56. The van der Waals surface area contributed by atoms with E-state index in [-0.39, 0.29) is 13.1 Å². The Balaban J connectivity index is 2.00. The lowest BCUT2D eigenvalue weighted by molar-refractivity contribution is -0.141. The van der Waals surface area contributed by atoms with Gasteiger partial charge in [0.2, 0.25) is 21.8 Å². The average molecular weight is 512 g/mol. The maximum Gasteiger partial charge on any atom is 0.247 e. The van der Waals surface area contributed by atoms with Crippen molar-refractivity contribution in [3.05, 3.63) is 107 Å². The molecule has 0 saturated heterocycles. The van der Waals surface area contributed by atoms with Crippen molar-refractivity contribution >= 4 is 21.8 Å². The van der Waals surface area contributed by atoms with Gasteiger partial charge in [-0.2, -0.15) is 4.31 Å². The van der Waals surface area contributed by atoms with Crippen LogP contribution >= 0.6 is 0 Å². The number of halogens is 1. The predicted octanol–water partition coefficient (Wildman–Crippen LogP) is 3.49. The van der Waals surface area contributed by atoms with Gasteiger partial charge in [0.15, 0.2) is 0 Å². The number of likely N-dealkylation sites (N-methyl/N-ethyl adjacent to an activating group) is 1. The number of nitrogens with zero attached hydrogens (tertiary/aromatic N) is 2. The van der Waals surface area contributed by atoms with Crippen molar-refractivity contribution in [3.63, 3.8) is 0 Å². The fourth-order valence-electron chi connectivity index (χ4n) is 3.81. The van der Waals surface area contributed by atoms with Crippen LogP contribution < -0.4 is 5.32 Å². The first kappa shape index (κ1) is 27.0. The smallest absolute Gasteiger partial charge is 0.247 e. The van der Waals surface area contributed by atoms with Gasteiger partial charge in [0.05, 0.1) is 12.8 Å². The molecule has 0 aliphatic rings. The SMILES string of the molecule is CCNC(=O)[C@@H](c1ccccc1)N(Cc1ccc(F)cc1)C(=O)CN(Cc1ccccc1)S(C)(=O)=O. The van der Waals surface area contributed by atoms with E-state index in [1.807, 2.05) is 6.07 Å². The highest BCUT2D eigenvalue weighted by atomic mass is 32.2. The maximum atomic E-state index is 13.8. The molecule has 2 amide bonds. The highest BCUT2D eigenvalue weighted by Crippen LogP contribution is 2.25. The van der Waals surface area contributed by atoms with Crippen LogP contribution in [0.5, 0.6) is 0 Å². The number of rotatable bonds is 11. The molecular weight excluding hydrogens is 481 g/mol. The number of benzene rings is 3.